The number of likely N-dealkylation sites (tertiary alicyclic amines) is 1. The van der Waals surface area contributed by atoms with E-state index in [2.05, 4.69) is 5.32 Å². The van der Waals surface area contributed by atoms with Gasteiger partial charge in [0.2, 0.25) is 0 Å². The van der Waals surface area contributed by atoms with Crippen molar-refractivity contribution in [2.75, 3.05) is 26.2 Å². The molecule has 2 heterocycles. The Labute approximate surface area is 131 Å². The van der Waals surface area contributed by atoms with Gasteiger partial charge in [-0.15, -0.1) is 0 Å². The van der Waals surface area contributed by atoms with Crippen LogP contribution in [0.4, 0.5) is 4.79 Å². The van der Waals surface area contributed by atoms with E-state index in [0.717, 1.165) is 31.6 Å². The number of aliphatic hydroxyl groups excluding tert-OH is 1. The van der Waals surface area contributed by atoms with Gasteiger partial charge in [-0.3, -0.25) is 0 Å². The molecule has 0 saturated carbocycles. The Bertz CT molecular complexity index is 433. The molecule has 2 atom stereocenters. The van der Waals surface area contributed by atoms with Crippen LogP contribution in [0.5, 0.6) is 0 Å². The number of hydrogen-bond donors (Lipinski definition) is 2. The van der Waals surface area contributed by atoms with Gasteiger partial charge in [-0.2, -0.15) is 0 Å². The zero-order valence-corrected chi connectivity index (χ0v) is 13.2. The van der Waals surface area contributed by atoms with Crippen molar-refractivity contribution in [3.63, 3.8) is 0 Å². The average molecular weight is 310 g/mol. The van der Waals surface area contributed by atoms with E-state index < -0.39 is 0 Å². The molecule has 0 spiro atoms. The molecular formula is C16H26N2O4. The molecule has 0 aliphatic carbocycles. The molecule has 0 bridgehead atoms. The van der Waals surface area contributed by atoms with Crippen LogP contribution < -0.4 is 5.32 Å². The van der Waals surface area contributed by atoms with Crippen LogP contribution in [0.25, 0.3) is 0 Å². The molecule has 1 aromatic rings. The topological polar surface area (TPSA) is 74.9 Å². The highest BCUT2D eigenvalue weighted by Crippen LogP contribution is 2.19. The zero-order chi connectivity index (χ0) is 15.8. The van der Waals surface area contributed by atoms with Gasteiger partial charge >= 0.3 is 6.03 Å². The summed E-state index contributed by atoms with van der Waals surface area (Å²) >= 11 is 0. The van der Waals surface area contributed by atoms with Crippen LogP contribution in [0.3, 0.4) is 0 Å². The number of piperidine rings is 1. The molecule has 2 amide bonds. The molecule has 0 aromatic carbocycles. The normalized spacial score (nSPS) is 19.9. The minimum absolute atomic E-state index is 0.0450. The summed E-state index contributed by atoms with van der Waals surface area (Å²) in [6.45, 7) is 4.83. The van der Waals surface area contributed by atoms with Gasteiger partial charge in [0.05, 0.1) is 12.4 Å². The molecule has 22 heavy (non-hydrogen) atoms. The first-order valence-electron chi connectivity index (χ1n) is 7.98. The van der Waals surface area contributed by atoms with E-state index in [0.29, 0.717) is 26.3 Å². The lowest BCUT2D eigenvalue weighted by atomic mass is 9.94. The van der Waals surface area contributed by atoms with Gasteiger partial charge in [0.1, 0.15) is 12.4 Å². The highest BCUT2D eigenvalue weighted by Gasteiger charge is 2.26. The van der Waals surface area contributed by atoms with Crippen molar-refractivity contribution in [1.29, 1.82) is 0 Å². The van der Waals surface area contributed by atoms with E-state index in [-0.39, 0.29) is 18.1 Å². The Morgan fingerprint density at radius 2 is 2.50 bits per heavy atom. The number of aliphatic hydroxyl groups is 1. The molecule has 1 aliphatic rings. The Kier molecular flexibility index (Phi) is 6.74. The number of nitrogens with one attached hydrogen (secondary N) is 1. The second-order valence-electron chi connectivity index (χ2n) is 5.81. The quantitative estimate of drug-likeness (QED) is 0.755. The van der Waals surface area contributed by atoms with Crippen molar-refractivity contribution < 1.29 is 19.1 Å². The van der Waals surface area contributed by atoms with Gasteiger partial charge in [0.25, 0.3) is 0 Å². The lowest BCUT2D eigenvalue weighted by Crippen LogP contribution is -2.47. The van der Waals surface area contributed by atoms with Crippen LogP contribution in [-0.2, 0) is 11.3 Å². The number of hydrogen-bond acceptors (Lipinski definition) is 4. The number of nitrogens with zero attached hydrogens (tertiary/aromatic N) is 1. The lowest BCUT2D eigenvalue weighted by Gasteiger charge is -2.34. The Morgan fingerprint density at radius 3 is 3.23 bits per heavy atom. The maximum Gasteiger partial charge on any atom is 0.317 e. The highest BCUT2D eigenvalue weighted by molar-refractivity contribution is 5.74. The summed E-state index contributed by atoms with van der Waals surface area (Å²) in [6.07, 6.45) is 3.97. The number of carbonyl (C=O) groups is 1. The monoisotopic (exact) mass is 310 g/mol. The molecule has 2 unspecified atom stereocenters. The Morgan fingerprint density at radius 1 is 1.64 bits per heavy atom. The predicted octanol–water partition coefficient (Wildman–Crippen LogP) is 1.99. The Balaban J connectivity index is 1.55. The SMILES string of the molecule is CC(O)C1CCCN(C(=O)NCCCOCc2ccco2)C1. The van der Waals surface area contributed by atoms with E-state index in [1.54, 1.807) is 18.1 Å². The highest BCUT2D eigenvalue weighted by atomic mass is 16.5. The fraction of sp³-hybridized carbons (Fsp3) is 0.688. The number of amides is 2. The Hall–Kier alpha value is -1.53. The number of carbonyl (C=O) groups excluding carboxylic acids is 1. The van der Waals surface area contributed by atoms with Gasteiger partial charge in [-0.05, 0) is 38.3 Å². The summed E-state index contributed by atoms with van der Waals surface area (Å²) in [6, 6.07) is 3.66. The van der Waals surface area contributed by atoms with Crippen molar-refractivity contribution in [2.45, 2.75) is 38.9 Å². The molecule has 1 fully saturated rings. The number of rotatable bonds is 7. The van der Waals surface area contributed by atoms with Crippen molar-refractivity contribution in [3.8, 4) is 0 Å². The fourth-order valence-corrected chi connectivity index (χ4v) is 2.64. The summed E-state index contributed by atoms with van der Waals surface area (Å²) in [4.78, 5) is 13.9. The molecule has 124 valence electrons. The standard InChI is InChI=1S/C16H26N2O4/c1-13(19)14-5-2-8-18(11-14)16(20)17-7-4-9-21-12-15-6-3-10-22-15/h3,6,10,13-14,19H,2,4-5,7-9,11-12H2,1H3,(H,17,20). The van der Waals surface area contributed by atoms with E-state index in [1.807, 2.05) is 12.1 Å². The summed E-state index contributed by atoms with van der Waals surface area (Å²) < 4.78 is 10.6. The molecule has 6 nitrogen and oxygen atoms in total. The van der Waals surface area contributed by atoms with E-state index in [1.165, 1.54) is 0 Å². The van der Waals surface area contributed by atoms with Crippen molar-refractivity contribution in [2.24, 2.45) is 5.92 Å². The van der Waals surface area contributed by atoms with Crippen LogP contribution in [-0.4, -0.2) is 48.4 Å². The smallest absolute Gasteiger partial charge is 0.317 e. The summed E-state index contributed by atoms with van der Waals surface area (Å²) in [5.74, 6) is 0.998. The average Bonchev–Trinajstić information content (AvgIpc) is 3.04. The second-order valence-corrected chi connectivity index (χ2v) is 5.81. The summed E-state index contributed by atoms with van der Waals surface area (Å²) in [5.41, 5.74) is 0. The summed E-state index contributed by atoms with van der Waals surface area (Å²) in [5, 5.41) is 12.6. The zero-order valence-electron chi connectivity index (χ0n) is 13.2. The first kappa shape index (κ1) is 16.8. The number of ether oxygens (including phenoxy) is 1. The fourth-order valence-electron chi connectivity index (χ4n) is 2.64. The van der Waals surface area contributed by atoms with Crippen LogP contribution >= 0.6 is 0 Å². The molecular weight excluding hydrogens is 284 g/mol. The maximum absolute atomic E-state index is 12.1. The van der Waals surface area contributed by atoms with Crippen molar-refractivity contribution >= 4 is 6.03 Å². The van der Waals surface area contributed by atoms with Gasteiger partial charge in [0, 0.05) is 32.2 Å². The summed E-state index contributed by atoms with van der Waals surface area (Å²) in [7, 11) is 0. The molecule has 0 radical (unpaired) electrons. The van der Waals surface area contributed by atoms with Crippen LogP contribution in [0.15, 0.2) is 22.8 Å². The molecule has 2 N–H and O–H groups in total. The number of urea groups is 1. The molecule has 2 rings (SSSR count). The van der Waals surface area contributed by atoms with Gasteiger partial charge in [0.15, 0.2) is 0 Å². The van der Waals surface area contributed by atoms with Crippen molar-refractivity contribution in [3.05, 3.63) is 24.2 Å². The largest absolute Gasteiger partial charge is 0.467 e. The molecule has 6 heteroatoms. The molecule has 1 aromatic heterocycles. The third kappa shape index (κ3) is 5.35. The third-order valence-corrected chi connectivity index (χ3v) is 3.99. The molecule has 1 saturated heterocycles. The lowest BCUT2D eigenvalue weighted by molar-refractivity contribution is 0.0734. The van der Waals surface area contributed by atoms with E-state index >= 15 is 0 Å². The maximum atomic E-state index is 12.1. The minimum atomic E-state index is -0.356. The number of furan rings is 1. The van der Waals surface area contributed by atoms with E-state index in [9.17, 15) is 9.90 Å². The minimum Gasteiger partial charge on any atom is -0.467 e. The third-order valence-electron chi connectivity index (χ3n) is 3.99. The predicted molar refractivity (Wildman–Crippen MR) is 82.4 cm³/mol. The van der Waals surface area contributed by atoms with Crippen LogP contribution in [0.1, 0.15) is 31.9 Å². The van der Waals surface area contributed by atoms with E-state index in [4.69, 9.17) is 9.15 Å². The first-order valence-corrected chi connectivity index (χ1v) is 7.98. The second kappa shape index (κ2) is 8.80. The molecule has 1 aliphatic heterocycles. The van der Waals surface area contributed by atoms with Crippen LogP contribution in [0, 0.1) is 5.92 Å². The van der Waals surface area contributed by atoms with Gasteiger partial charge in [-0.25, -0.2) is 4.79 Å². The van der Waals surface area contributed by atoms with Crippen molar-refractivity contribution in [1.82, 2.24) is 10.2 Å². The van der Waals surface area contributed by atoms with Gasteiger partial charge < -0.3 is 24.5 Å². The first-order chi connectivity index (χ1) is 10.7. The van der Waals surface area contributed by atoms with Crippen LogP contribution in [0.2, 0.25) is 0 Å². The van der Waals surface area contributed by atoms with Gasteiger partial charge in [-0.1, -0.05) is 0 Å².